The fourth-order valence-corrected chi connectivity index (χ4v) is 1.91. The Morgan fingerprint density at radius 2 is 1.76 bits per heavy atom. The first kappa shape index (κ1) is 10.5. The lowest BCUT2D eigenvalue weighted by molar-refractivity contribution is 0.272. The topological polar surface area (TPSA) is 113 Å². The van der Waals surface area contributed by atoms with E-state index in [1.807, 2.05) is 9.97 Å². The largest absolute Gasteiger partial charge is 0.373 e. The van der Waals surface area contributed by atoms with Gasteiger partial charge in [0.25, 0.3) is 0 Å². The highest BCUT2D eigenvalue weighted by atomic mass is 16.6. The van der Waals surface area contributed by atoms with Gasteiger partial charge in [-0.1, -0.05) is 0 Å². The van der Waals surface area contributed by atoms with E-state index in [1.54, 1.807) is 0 Å². The van der Waals surface area contributed by atoms with Crippen LogP contribution in [0, 0.1) is 0 Å². The predicted molar refractivity (Wildman–Crippen MR) is 55.1 cm³/mol. The fourth-order valence-electron chi connectivity index (χ4n) is 1.91. The minimum absolute atomic E-state index is 0.0717. The summed E-state index contributed by atoms with van der Waals surface area (Å²) in [6, 6.07) is -0.379. The molecule has 2 fully saturated rings. The summed E-state index contributed by atoms with van der Waals surface area (Å²) >= 11 is 0. The summed E-state index contributed by atoms with van der Waals surface area (Å²) in [5.41, 5.74) is -2.21. The average Bonchev–Trinajstić information content (AvgIpc) is 3.11. The van der Waals surface area contributed by atoms with E-state index in [4.69, 9.17) is 9.47 Å². The number of H-pyrrole nitrogens is 2. The SMILES string of the molecule is O=c1[nH]c(=O)n(C(CC2CO2)C2CO2)c(=O)[nH]1. The maximum absolute atomic E-state index is 11.6. The lowest BCUT2D eigenvalue weighted by Crippen LogP contribution is -2.46. The molecule has 0 aliphatic carbocycles. The molecule has 0 amide bonds. The highest BCUT2D eigenvalue weighted by Crippen LogP contribution is 2.30. The molecule has 2 aliphatic heterocycles. The number of ether oxygens (including phenoxy) is 2. The van der Waals surface area contributed by atoms with Crippen LogP contribution in [0.4, 0.5) is 0 Å². The Balaban J connectivity index is 2.02. The molecular weight excluding hydrogens is 230 g/mol. The number of epoxide rings is 2. The highest BCUT2D eigenvalue weighted by molar-refractivity contribution is 4.91. The molecule has 0 spiro atoms. The van der Waals surface area contributed by atoms with Crippen LogP contribution in [0.2, 0.25) is 0 Å². The summed E-state index contributed by atoms with van der Waals surface area (Å²) in [7, 11) is 0. The van der Waals surface area contributed by atoms with Gasteiger partial charge in [-0.3, -0.25) is 9.97 Å². The minimum atomic E-state index is -0.797. The molecule has 8 nitrogen and oxygen atoms in total. The van der Waals surface area contributed by atoms with Crippen molar-refractivity contribution in [2.24, 2.45) is 0 Å². The molecule has 0 aromatic carbocycles. The Morgan fingerprint density at radius 1 is 1.18 bits per heavy atom. The Hall–Kier alpha value is -1.67. The van der Waals surface area contributed by atoms with Crippen LogP contribution in [-0.4, -0.2) is 40.0 Å². The summed E-state index contributed by atoms with van der Waals surface area (Å²) in [5, 5.41) is 0. The molecule has 2 saturated heterocycles. The quantitative estimate of drug-likeness (QED) is 0.589. The van der Waals surface area contributed by atoms with Crippen molar-refractivity contribution in [1.29, 1.82) is 0 Å². The molecule has 8 heteroatoms. The molecule has 3 heterocycles. The van der Waals surface area contributed by atoms with Crippen LogP contribution < -0.4 is 17.1 Å². The van der Waals surface area contributed by atoms with Gasteiger partial charge >= 0.3 is 17.1 Å². The molecule has 0 saturated carbocycles. The van der Waals surface area contributed by atoms with Gasteiger partial charge in [0.1, 0.15) is 6.10 Å². The third kappa shape index (κ3) is 2.08. The summed E-state index contributed by atoms with van der Waals surface area (Å²) < 4.78 is 11.2. The van der Waals surface area contributed by atoms with Crippen molar-refractivity contribution in [3.05, 3.63) is 31.5 Å². The number of nitrogens with one attached hydrogen (secondary N) is 2. The first-order valence-corrected chi connectivity index (χ1v) is 5.33. The van der Waals surface area contributed by atoms with E-state index in [-0.39, 0.29) is 18.2 Å². The van der Waals surface area contributed by atoms with Crippen LogP contribution in [0.1, 0.15) is 12.5 Å². The molecule has 1 aromatic rings. The lowest BCUT2D eigenvalue weighted by Gasteiger charge is -2.14. The van der Waals surface area contributed by atoms with Gasteiger partial charge in [-0.15, -0.1) is 0 Å². The maximum Gasteiger partial charge on any atom is 0.334 e. The number of hydrogen-bond donors (Lipinski definition) is 2. The molecular formula is C9H11N3O5. The molecule has 92 valence electrons. The van der Waals surface area contributed by atoms with Crippen molar-refractivity contribution in [3.8, 4) is 0 Å². The van der Waals surface area contributed by atoms with Gasteiger partial charge in [0.2, 0.25) is 0 Å². The summed E-state index contributed by atoms with van der Waals surface area (Å²) in [6.45, 7) is 1.15. The highest BCUT2D eigenvalue weighted by Gasteiger charge is 2.40. The van der Waals surface area contributed by atoms with Gasteiger partial charge in [0.05, 0.1) is 25.4 Å². The predicted octanol–water partition coefficient (Wildman–Crippen LogP) is -2.05. The third-order valence-electron chi connectivity index (χ3n) is 2.91. The number of aromatic nitrogens is 3. The average molecular weight is 241 g/mol. The second-order valence-electron chi connectivity index (χ2n) is 4.19. The van der Waals surface area contributed by atoms with Crippen LogP contribution in [-0.2, 0) is 9.47 Å². The molecule has 0 bridgehead atoms. The number of rotatable bonds is 4. The number of hydrogen-bond acceptors (Lipinski definition) is 5. The van der Waals surface area contributed by atoms with Gasteiger partial charge in [0, 0.05) is 0 Å². The molecule has 17 heavy (non-hydrogen) atoms. The standard InChI is InChI=1S/C9H11N3O5/c13-7-10-8(14)12(9(15)11-7)5(6-3-17-6)1-4-2-16-4/h4-6H,1-3H2,(H2,10,11,13,14,15). The molecule has 0 radical (unpaired) electrons. The van der Waals surface area contributed by atoms with E-state index in [1.165, 1.54) is 0 Å². The summed E-state index contributed by atoms with van der Waals surface area (Å²) in [5.74, 6) is 0. The third-order valence-corrected chi connectivity index (χ3v) is 2.91. The molecule has 2 aliphatic rings. The second-order valence-corrected chi connectivity index (χ2v) is 4.19. The zero-order valence-electron chi connectivity index (χ0n) is 8.84. The van der Waals surface area contributed by atoms with Gasteiger partial charge < -0.3 is 9.47 Å². The monoisotopic (exact) mass is 241 g/mol. The molecule has 3 rings (SSSR count). The van der Waals surface area contributed by atoms with E-state index >= 15 is 0 Å². The van der Waals surface area contributed by atoms with Crippen LogP contribution in [0.25, 0.3) is 0 Å². The van der Waals surface area contributed by atoms with Crippen molar-refractivity contribution >= 4 is 0 Å². The van der Waals surface area contributed by atoms with E-state index < -0.39 is 17.1 Å². The first-order valence-electron chi connectivity index (χ1n) is 5.33. The van der Waals surface area contributed by atoms with Crippen molar-refractivity contribution in [1.82, 2.24) is 14.5 Å². The summed E-state index contributed by atoms with van der Waals surface area (Å²) in [4.78, 5) is 38.3. The Labute approximate surface area is 94.2 Å². The fraction of sp³-hybridized carbons (Fsp3) is 0.667. The van der Waals surface area contributed by atoms with Gasteiger partial charge in [-0.2, -0.15) is 0 Å². The van der Waals surface area contributed by atoms with Gasteiger partial charge in [-0.05, 0) is 6.42 Å². The van der Waals surface area contributed by atoms with Gasteiger partial charge in [-0.25, -0.2) is 19.0 Å². The van der Waals surface area contributed by atoms with Crippen molar-refractivity contribution in [2.75, 3.05) is 13.2 Å². The van der Waals surface area contributed by atoms with Crippen LogP contribution >= 0.6 is 0 Å². The molecule has 1 aromatic heterocycles. The Morgan fingerprint density at radius 3 is 2.24 bits per heavy atom. The number of aromatic amines is 2. The van der Waals surface area contributed by atoms with E-state index in [0.29, 0.717) is 19.6 Å². The van der Waals surface area contributed by atoms with Crippen LogP contribution in [0.5, 0.6) is 0 Å². The molecule has 3 unspecified atom stereocenters. The van der Waals surface area contributed by atoms with Crippen molar-refractivity contribution in [3.63, 3.8) is 0 Å². The van der Waals surface area contributed by atoms with Crippen molar-refractivity contribution in [2.45, 2.75) is 24.7 Å². The van der Waals surface area contributed by atoms with E-state index in [0.717, 1.165) is 4.57 Å². The van der Waals surface area contributed by atoms with E-state index in [9.17, 15) is 14.4 Å². The Kier molecular flexibility index (Phi) is 2.26. The zero-order valence-corrected chi connectivity index (χ0v) is 8.84. The molecule has 3 atom stereocenters. The lowest BCUT2D eigenvalue weighted by atomic mass is 10.1. The minimum Gasteiger partial charge on any atom is -0.373 e. The normalized spacial score (nSPS) is 27.8. The first-order chi connectivity index (χ1) is 8.15. The Bertz CT molecular complexity index is 557. The smallest absolute Gasteiger partial charge is 0.334 e. The van der Waals surface area contributed by atoms with Crippen LogP contribution in [0.3, 0.4) is 0 Å². The van der Waals surface area contributed by atoms with Gasteiger partial charge in [0.15, 0.2) is 0 Å². The van der Waals surface area contributed by atoms with Crippen molar-refractivity contribution < 1.29 is 9.47 Å². The second kappa shape index (κ2) is 3.67. The molecule has 2 N–H and O–H groups in total. The zero-order chi connectivity index (χ0) is 12.0. The van der Waals surface area contributed by atoms with Crippen LogP contribution in [0.15, 0.2) is 14.4 Å². The maximum atomic E-state index is 11.6. The summed E-state index contributed by atoms with van der Waals surface area (Å²) in [6.07, 6.45) is 0.464. The number of nitrogens with zero attached hydrogens (tertiary/aromatic N) is 1. The van der Waals surface area contributed by atoms with E-state index in [2.05, 4.69) is 0 Å².